The first-order valence-electron chi connectivity index (χ1n) is 14.7. The van der Waals surface area contributed by atoms with Gasteiger partial charge in [0.05, 0.1) is 58.7 Å². The van der Waals surface area contributed by atoms with Crippen molar-refractivity contribution in [3.8, 4) is 5.75 Å². The quantitative estimate of drug-likeness (QED) is 0.0172. The van der Waals surface area contributed by atoms with E-state index in [0.717, 1.165) is 0 Å². The Bertz CT molecular complexity index is 1110. The fraction of sp³-hybridized carbons (Fsp3) is 0.679. The average Bonchev–Trinajstić information content (AvgIpc) is 3.04. The molecule has 0 saturated heterocycles. The molecule has 0 saturated carbocycles. The minimum Gasteiger partial charge on any atom is -0.420 e. The maximum atomic E-state index is 14.0. The van der Waals surface area contributed by atoms with Crippen molar-refractivity contribution >= 4 is 17.8 Å². The van der Waals surface area contributed by atoms with E-state index in [2.05, 4.69) is 25.4 Å². The third-order valence-electron chi connectivity index (χ3n) is 5.98. The SMILES string of the molecule is CCCC(=O)NCC(=O)NCCCOCCOCCOCCOCC(CCCCN=[N+]=[N-])C(=O)Oc1c(F)c(F)c(F)c(F)c1F. The maximum absolute atomic E-state index is 14.0. The predicted octanol–water partition coefficient (Wildman–Crippen LogP) is 3.87. The number of benzene rings is 1. The normalized spacial score (nSPS) is 11.5. The molecule has 0 aromatic heterocycles. The fourth-order valence-corrected chi connectivity index (χ4v) is 3.59. The highest BCUT2D eigenvalue weighted by atomic mass is 19.2. The summed E-state index contributed by atoms with van der Waals surface area (Å²) in [5.74, 6) is -16.0. The first-order chi connectivity index (χ1) is 22.1. The number of halogens is 5. The summed E-state index contributed by atoms with van der Waals surface area (Å²) in [4.78, 5) is 38.1. The molecule has 2 amide bonds. The van der Waals surface area contributed by atoms with E-state index in [9.17, 15) is 36.3 Å². The minimum absolute atomic E-state index is 0.00971. The van der Waals surface area contributed by atoms with Crippen molar-refractivity contribution in [2.75, 3.05) is 72.5 Å². The number of rotatable bonds is 26. The number of esters is 1. The summed E-state index contributed by atoms with van der Waals surface area (Å²) in [5.41, 5.74) is 8.35. The lowest BCUT2D eigenvalue weighted by atomic mass is 10.0. The highest BCUT2D eigenvalue weighted by Gasteiger charge is 2.30. The van der Waals surface area contributed by atoms with E-state index in [1.165, 1.54) is 0 Å². The van der Waals surface area contributed by atoms with Crippen molar-refractivity contribution in [1.82, 2.24) is 10.6 Å². The van der Waals surface area contributed by atoms with E-state index in [0.29, 0.717) is 58.5 Å². The maximum Gasteiger partial charge on any atom is 0.316 e. The molecule has 0 aliphatic heterocycles. The molecule has 0 heterocycles. The molecule has 1 unspecified atom stereocenters. The Morgan fingerprint density at radius 1 is 0.761 bits per heavy atom. The Hall–Kier alpha value is -3.57. The second-order valence-corrected chi connectivity index (χ2v) is 9.61. The Morgan fingerprint density at radius 3 is 1.91 bits per heavy atom. The number of amides is 2. The molecule has 18 heteroatoms. The number of azide groups is 1. The lowest BCUT2D eigenvalue weighted by Crippen LogP contribution is -2.37. The molecule has 1 rings (SSSR count). The van der Waals surface area contributed by atoms with Gasteiger partial charge in [-0.15, -0.1) is 0 Å². The van der Waals surface area contributed by atoms with Gasteiger partial charge in [0.25, 0.3) is 0 Å². The summed E-state index contributed by atoms with van der Waals surface area (Å²) in [6, 6.07) is 0. The lowest BCUT2D eigenvalue weighted by Gasteiger charge is -2.17. The third-order valence-corrected chi connectivity index (χ3v) is 5.98. The number of nitrogens with one attached hydrogen (secondary N) is 2. The van der Waals surface area contributed by atoms with Crippen LogP contribution < -0.4 is 15.4 Å². The van der Waals surface area contributed by atoms with E-state index in [1.54, 1.807) is 0 Å². The van der Waals surface area contributed by atoms with Gasteiger partial charge in [-0.05, 0) is 31.2 Å². The zero-order valence-corrected chi connectivity index (χ0v) is 25.6. The van der Waals surface area contributed by atoms with Crippen molar-refractivity contribution in [1.29, 1.82) is 0 Å². The topological polar surface area (TPSA) is 170 Å². The third kappa shape index (κ3) is 16.7. The molecule has 0 fully saturated rings. The van der Waals surface area contributed by atoms with E-state index in [1.807, 2.05) is 6.92 Å². The van der Waals surface area contributed by atoms with Crippen LogP contribution in [0.1, 0.15) is 45.4 Å². The molecule has 0 aliphatic rings. The van der Waals surface area contributed by atoms with Gasteiger partial charge in [0.15, 0.2) is 0 Å². The Kier molecular flexibility index (Phi) is 21.7. The minimum atomic E-state index is -2.38. The van der Waals surface area contributed by atoms with Gasteiger partial charge in [-0.1, -0.05) is 18.5 Å². The number of carbonyl (C=O) groups is 3. The number of hydrogen-bond donors (Lipinski definition) is 2. The second-order valence-electron chi connectivity index (χ2n) is 9.61. The lowest BCUT2D eigenvalue weighted by molar-refractivity contribution is -0.142. The molecule has 0 aliphatic carbocycles. The first kappa shape index (κ1) is 40.5. The van der Waals surface area contributed by atoms with Crippen molar-refractivity contribution in [2.24, 2.45) is 11.0 Å². The van der Waals surface area contributed by atoms with Crippen LogP contribution in [0.25, 0.3) is 10.4 Å². The molecular formula is C28H40F5N5O8. The molecule has 1 aromatic carbocycles. The first-order valence-corrected chi connectivity index (χ1v) is 14.7. The van der Waals surface area contributed by atoms with Crippen LogP contribution in [0.15, 0.2) is 5.11 Å². The van der Waals surface area contributed by atoms with Crippen molar-refractivity contribution in [2.45, 2.75) is 45.4 Å². The second kappa shape index (κ2) is 24.6. The van der Waals surface area contributed by atoms with Crippen LogP contribution in [-0.4, -0.2) is 90.3 Å². The van der Waals surface area contributed by atoms with Gasteiger partial charge < -0.3 is 34.3 Å². The van der Waals surface area contributed by atoms with Gasteiger partial charge in [0.1, 0.15) is 0 Å². The highest BCUT2D eigenvalue weighted by Crippen LogP contribution is 2.30. The van der Waals surface area contributed by atoms with Crippen LogP contribution in [0.2, 0.25) is 0 Å². The van der Waals surface area contributed by atoms with Gasteiger partial charge >= 0.3 is 5.97 Å². The molecule has 0 spiro atoms. The van der Waals surface area contributed by atoms with E-state index in [-0.39, 0.29) is 64.4 Å². The summed E-state index contributed by atoms with van der Waals surface area (Å²) >= 11 is 0. The summed E-state index contributed by atoms with van der Waals surface area (Å²) in [5, 5.41) is 8.55. The van der Waals surface area contributed by atoms with Crippen LogP contribution >= 0.6 is 0 Å². The fourth-order valence-electron chi connectivity index (χ4n) is 3.59. The molecule has 260 valence electrons. The van der Waals surface area contributed by atoms with Crippen LogP contribution in [-0.2, 0) is 33.3 Å². The molecule has 1 aromatic rings. The Morgan fingerprint density at radius 2 is 1.33 bits per heavy atom. The zero-order chi connectivity index (χ0) is 34.2. The zero-order valence-electron chi connectivity index (χ0n) is 25.6. The highest BCUT2D eigenvalue weighted by molar-refractivity contribution is 5.84. The van der Waals surface area contributed by atoms with Gasteiger partial charge in [-0.25, -0.2) is 13.2 Å². The van der Waals surface area contributed by atoms with Gasteiger partial charge in [-0.2, -0.15) is 8.78 Å². The summed E-state index contributed by atoms with van der Waals surface area (Å²) in [7, 11) is 0. The number of nitrogens with zero attached hydrogens (tertiary/aromatic N) is 3. The van der Waals surface area contributed by atoms with Crippen LogP contribution in [0, 0.1) is 35.0 Å². The average molecular weight is 670 g/mol. The van der Waals surface area contributed by atoms with E-state index < -0.39 is 46.7 Å². The van der Waals surface area contributed by atoms with Gasteiger partial charge in [0.2, 0.25) is 46.6 Å². The summed E-state index contributed by atoms with van der Waals surface area (Å²) in [6.45, 7) is 3.67. The van der Waals surface area contributed by atoms with Gasteiger partial charge in [0, 0.05) is 31.0 Å². The molecule has 46 heavy (non-hydrogen) atoms. The monoisotopic (exact) mass is 669 g/mol. The summed E-state index contributed by atoms with van der Waals surface area (Å²) < 4.78 is 94.2. The number of unbranched alkanes of at least 4 members (excludes halogenated alkanes) is 1. The van der Waals surface area contributed by atoms with E-state index >= 15 is 0 Å². The molecule has 13 nitrogen and oxygen atoms in total. The standard InChI is InChI=1S/C28H40F5N5O8/c1-2-6-20(39)36-17-21(40)35-8-5-10-42-11-12-43-13-14-44-15-16-45-18-19(7-3-4-9-37-38-34)28(41)46-27-25(32)23(30)22(29)24(31)26(27)33/h19H,2-18H2,1H3,(H,35,40)(H,36,39). The smallest absolute Gasteiger partial charge is 0.316 e. The number of hydrogen-bond acceptors (Lipinski definition) is 9. The Labute approximate surface area is 263 Å². The number of carbonyl (C=O) groups excluding carboxylic acids is 3. The van der Waals surface area contributed by atoms with Crippen LogP contribution in [0.5, 0.6) is 5.75 Å². The van der Waals surface area contributed by atoms with Crippen molar-refractivity contribution in [3.05, 3.63) is 39.5 Å². The molecule has 0 radical (unpaired) electrons. The van der Waals surface area contributed by atoms with Crippen LogP contribution in [0.3, 0.4) is 0 Å². The van der Waals surface area contributed by atoms with Crippen LogP contribution in [0.4, 0.5) is 22.0 Å². The molecule has 0 bridgehead atoms. The largest absolute Gasteiger partial charge is 0.420 e. The van der Waals surface area contributed by atoms with Crippen molar-refractivity contribution < 1.29 is 60.0 Å². The van der Waals surface area contributed by atoms with Crippen molar-refractivity contribution in [3.63, 3.8) is 0 Å². The van der Waals surface area contributed by atoms with Gasteiger partial charge in [-0.3, -0.25) is 14.4 Å². The summed E-state index contributed by atoms with van der Waals surface area (Å²) in [6.07, 6.45) is 2.40. The van der Waals surface area contributed by atoms with E-state index in [4.69, 9.17) is 24.5 Å². The predicted molar refractivity (Wildman–Crippen MR) is 152 cm³/mol. The molecular weight excluding hydrogens is 629 g/mol. The molecule has 2 N–H and O–H groups in total. The molecule has 1 atom stereocenters. The number of ether oxygens (including phenoxy) is 5. The Balaban J connectivity index is 2.24.